The molecule has 1 aromatic rings. The highest BCUT2D eigenvalue weighted by Crippen LogP contribution is 2.32. The van der Waals surface area contributed by atoms with Crippen molar-refractivity contribution in [2.45, 2.75) is 59.6 Å². The van der Waals surface area contributed by atoms with E-state index in [9.17, 15) is 9.90 Å². The Hall–Kier alpha value is -1.55. The maximum absolute atomic E-state index is 12.5. The van der Waals surface area contributed by atoms with Crippen molar-refractivity contribution in [3.8, 4) is 5.75 Å². The molecule has 1 amide bonds. The van der Waals surface area contributed by atoms with Gasteiger partial charge < -0.3 is 15.2 Å². The Morgan fingerprint density at radius 3 is 2.59 bits per heavy atom. The molecule has 1 heterocycles. The molecule has 0 bridgehead atoms. The van der Waals surface area contributed by atoms with Crippen LogP contribution in [0.25, 0.3) is 0 Å². The molecule has 22 heavy (non-hydrogen) atoms. The van der Waals surface area contributed by atoms with Gasteiger partial charge in [0.25, 0.3) is 5.91 Å². The monoisotopic (exact) mass is 305 g/mol. The van der Waals surface area contributed by atoms with Crippen molar-refractivity contribution in [1.29, 1.82) is 0 Å². The molecule has 0 fully saturated rings. The SMILES string of the molecule is Cc1cc2c(cc1C)O[C@H](C(=O)N[C@H](CCO)C(C)(C)C)C2. The molecule has 0 radical (unpaired) electrons. The van der Waals surface area contributed by atoms with Crippen LogP contribution >= 0.6 is 0 Å². The summed E-state index contributed by atoms with van der Waals surface area (Å²) < 4.78 is 5.82. The van der Waals surface area contributed by atoms with Crippen LogP contribution in [0.3, 0.4) is 0 Å². The first kappa shape index (κ1) is 16.8. The summed E-state index contributed by atoms with van der Waals surface area (Å²) >= 11 is 0. The van der Waals surface area contributed by atoms with Gasteiger partial charge in [0, 0.05) is 19.1 Å². The van der Waals surface area contributed by atoms with Gasteiger partial charge in [0.15, 0.2) is 6.10 Å². The smallest absolute Gasteiger partial charge is 0.261 e. The van der Waals surface area contributed by atoms with E-state index in [1.807, 2.05) is 13.0 Å². The van der Waals surface area contributed by atoms with Crippen LogP contribution in [0.1, 0.15) is 43.9 Å². The summed E-state index contributed by atoms with van der Waals surface area (Å²) in [6, 6.07) is 4.04. The second-order valence-electron chi connectivity index (χ2n) is 7.29. The summed E-state index contributed by atoms with van der Waals surface area (Å²) in [6.45, 7) is 10.4. The number of carbonyl (C=O) groups is 1. The van der Waals surface area contributed by atoms with E-state index in [2.05, 4.69) is 39.1 Å². The minimum atomic E-state index is -0.472. The predicted molar refractivity (Wildman–Crippen MR) is 87.1 cm³/mol. The fourth-order valence-electron chi connectivity index (χ4n) is 2.78. The lowest BCUT2D eigenvalue weighted by atomic mass is 9.84. The van der Waals surface area contributed by atoms with Gasteiger partial charge in [0.05, 0.1) is 0 Å². The third-order valence-corrected chi connectivity index (χ3v) is 4.42. The van der Waals surface area contributed by atoms with E-state index in [0.29, 0.717) is 12.8 Å². The van der Waals surface area contributed by atoms with Crippen LogP contribution in [0, 0.1) is 19.3 Å². The highest BCUT2D eigenvalue weighted by Gasteiger charge is 2.33. The number of hydrogen-bond acceptors (Lipinski definition) is 3. The number of aryl methyl sites for hydroxylation is 2. The molecular formula is C18H27NO3. The van der Waals surface area contributed by atoms with Crippen molar-refractivity contribution < 1.29 is 14.6 Å². The molecule has 1 aliphatic heterocycles. The number of aliphatic hydroxyl groups excluding tert-OH is 1. The predicted octanol–water partition coefficient (Wildman–Crippen LogP) is 2.52. The number of ether oxygens (including phenoxy) is 1. The summed E-state index contributed by atoms with van der Waals surface area (Å²) in [6.07, 6.45) is 0.686. The fraction of sp³-hybridized carbons (Fsp3) is 0.611. The normalized spacial score (nSPS) is 18.5. The highest BCUT2D eigenvalue weighted by atomic mass is 16.5. The molecule has 4 heteroatoms. The maximum atomic E-state index is 12.5. The average Bonchev–Trinajstić information content (AvgIpc) is 2.80. The maximum Gasteiger partial charge on any atom is 0.261 e. The third kappa shape index (κ3) is 3.61. The van der Waals surface area contributed by atoms with Gasteiger partial charge in [-0.15, -0.1) is 0 Å². The Balaban J connectivity index is 2.06. The Morgan fingerprint density at radius 1 is 1.36 bits per heavy atom. The zero-order chi connectivity index (χ0) is 16.5. The molecule has 4 nitrogen and oxygen atoms in total. The Morgan fingerprint density at radius 2 is 2.00 bits per heavy atom. The summed E-state index contributed by atoms with van der Waals surface area (Å²) in [4.78, 5) is 12.5. The van der Waals surface area contributed by atoms with Crippen LogP contribution in [0.2, 0.25) is 0 Å². The minimum absolute atomic E-state index is 0.0619. The van der Waals surface area contributed by atoms with Crippen molar-refractivity contribution in [2.75, 3.05) is 6.61 Å². The van der Waals surface area contributed by atoms with Crippen molar-refractivity contribution in [3.63, 3.8) is 0 Å². The molecule has 0 unspecified atom stereocenters. The fourth-order valence-corrected chi connectivity index (χ4v) is 2.78. The van der Waals surface area contributed by atoms with E-state index in [-0.39, 0.29) is 24.0 Å². The molecule has 0 aliphatic carbocycles. The van der Waals surface area contributed by atoms with Crippen molar-refractivity contribution in [3.05, 3.63) is 28.8 Å². The minimum Gasteiger partial charge on any atom is -0.480 e. The Bertz CT molecular complexity index is 529. The quantitative estimate of drug-likeness (QED) is 0.898. The van der Waals surface area contributed by atoms with Gasteiger partial charge in [-0.05, 0) is 48.4 Å². The summed E-state index contributed by atoms with van der Waals surface area (Å²) in [5.41, 5.74) is 3.39. The summed E-state index contributed by atoms with van der Waals surface area (Å²) in [5, 5.41) is 12.2. The largest absolute Gasteiger partial charge is 0.480 e. The van der Waals surface area contributed by atoms with E-state index >= 15 is 0 Å². The number of fused-ring (bicyclic) bond motifs is 1. The first-order valence-corrected chi connectivity index (χ1v) is 7.90. The molecule has 0 aromatic heterocycles. The van der Waals surface area contributed by atoms with Crippen molar-refractivity contribution in [2.24, 2.45) is 5.41 Å². The molecule has 0 spiro atoms. The van der Waals surface area contributed by atoms with Gasteiger partial charge in [-0.2, -0.15) is 0 Å². The number of benzene rings is 1. The topological polar surface area (TPSA) is 58.6 Å². The van der Waals surface area contributed by atoms with E-state index in [1.165, 1.54) is 11.1 Å². The van der Waals surface area contributed by atoms with Gasteiger partial charge in [-0.1, -0.05) is 26.8 Å². The number of aliphatic hydroxyl groups is 1. The molecule has 122 valence electrons. The number of nitrogens with one attached hydrogen (secondary N) is 1. The van der Waals surface area contributed by atoms with Crippen molar-refractivity contribution >= 4 is 5.91 Å². The van der Waals surface area contributed by atoms with E-state index in [1.54, 1.807) is 0 Å². The molecule has 1 aliphatic rings. The molecule has 0 saturated heterocycles. The van der Waals surface area contributed by atoms with Gasteiger partial charge in [0.1, 0.15) is 5.75 Å². The first-order chi connectivity index (χ1) is 10.2. The highest BCUT2D eigenvalue weighted by molar-refractivity contribution is 5.83. The third-order valence-electron chi connectivity index (χ3n) is 4.42. The molecule has 1 aromatic carbocycles. The zero-order valence-electron chi connectivity index (χ0n) is 14.2. The average molecular weight is 305 g/mol. The molecule has 2 N–H and O–H groups in total. The molecule has 2 rings (SSSR count). The molecule has 2 atom stereocenters. The first-order valence-electron chi connectivity index (χ1n) is 7.90. The number of hydrogen-bond donors (Lipinski definition) is 2. The molecule has 0 saturated carbocycles. The number of amides is 1. The Kier molecular flexibility index (Phi) is 4.81. The zero-order valence-corrected chi connectivity index (χ0v) is 14.2. The van der Waals surface area contributed by atoms with Gasteiger partial charge >= 0.3 is 0 Å². The van der Waals surface area contributed by atoms with Crippen LogP contribution in [-0.4, -0.2) is 29.8 Å². The van der Waals surface area contributed by atoms with Crippen LogP contribution in [-0.2, 0) is 11.2 Å². The van der Waals surface area contributed by atoms with Gasteiger partial charge in [0.2, 0.25) is 0 Å². The lowest BCUT2D eigenvalue weighted by Gasteiger charge is -2.31. The van der Waals surface area contributed by atoms with Crippen LogP contribution < -0.4 is 10.1 Å². The van der Waals surface area contributed by atoms with Gasteiger partial charge in [-0.25, -0.2) is 0 Å². The lowest BCUT2D eigenvalue weighted by Crippen LogP contribution is -2.49. The van der Waals surface area contributed by atoms with Crippen molar-refractivity contribution in [1.82, 2.24) is 5.32 Å². The molecular weight excluding hydrogens is 278 g/mol. The Labute approximate surface area is 132 Å². The standard InChI is InChI=1S/C18H27NO3/c1-11-8-13-10-15(22-14(13)9-12(11)2)17(21)19-16(6-7-20)18(3,4)5/h8-9,15-16,20H,6-7,10H2,1-5H3,(H,19,21)/t15-,16+/m0/s1. The van der Waals surface area contributed by atoms with E-state index in [0.717, 1.165) is 11.3 Å². The second-order valence-corrected chi connectivity index (χ2v) is 7.29. The lowest BCUT2D eigenvalue weighted by molar-refractivity contribution is -0.128. The van der Waals surface area contributed by atoms with E-state index < -0.39 is 6.10 Å². The summed E-state index contributed by atoms with van der Waals surface area (Å²) in [7, 11) is 0. The van der Waals surface area contributed by atoms with Crippen LogP contribution in [0.5, 0.6) is 5.75 Å². The second kappa shape index (κ2) is 6.29. The van der Waals surface area contributed by atoms with Gasteiger partial charge in [-0.3, -0.25) is 4.79 Å². The number of carbonyl (C=O) groups excluding carboxylic acids is 1. The van der Waals surface area contributed by atoms with E-state index in [4.69, 9.17) is 4.74 Å². The number of rotatable bonds is 4. The summed E-state index contributed by atoms with van der Waals surface area (Å²) in [5.74, 6) is 0.720. The van der Waals surface area contributed by atoms with Crippen LogP contribution in [0.15, 0.2) is 12.1 Å². The van der Waals surface area contributed by atoms with Crippen LogP contribution in [0.4, 0.5) is 0 Å².